The zero-order valence-corrected chi connectivity index (χ0v) is 26.3. The smallest absolute Gasteiger partial charge is 0.319 e. The molecule has 0 aliphatic carbocycles. The molecule has 0 saturated carbocycles. The van der Waals surface area contributed by atoms with Gasteiger partial charge in [-0.05, 0) is 50.3 Å². The Morgan fingerprint density at radius 1 is 1.26 bits per heavy atom. The maximum atomic E-state index is 16.8. The number of likely N-dealkylation sites (N-methyl/N-ethyl adjacent to an activating group) is 1. The van der Waals surface area contributed by atoms with Crippen molar-refractivity contribution < 1.29 is 22.7 Å². The minimum atomic E-state index is -0.937. The van der Waals surface area contributed by atoms with Crippen molar-refractivity contribution in [2.75, 3.05) is 38.2 Å². The standard InChI is InChI=1S/C36H35F3N6O2/c1-5-24-27(38)12-11-22-9-7-10-25(30(22)24)32-31(39)33-26(18-40-32)34(43(4)28-13-16-45(21(28)3)29(46)6-2)42-35(41-33)47-20-36-14-8-15-44(36)19-23(37)17-36/h1,6-7,9-12,18,21,23,28H,2,8,13-17,19-20H2,3-4H3/t21?,23-,28?,36+/m1/s1. The Labute approximate surface area is 271 Å². The molecule has 1 amide bonds. The monoisotopic (exact) mass is 640 g/mol. The average molecular weight is 641 g/mol. The number of anilines is 1. The minimum Gasteiger partial charge on any atom is -0.461 e. The number of benzene rings is 2. The van der Waals surface area contributed by atoms with Gasteiger partial charge in [-0.1, -0.05) is 36.8 Å². The highest BCUT2D eigenvalue weighted by molar-refractivity contribution is 6.02. The third-order valence-corrected chi connectivity index (χ3v) is 10.3. The van der Waals surface area contributed by atoms with E-state index in [0.717, 1.165) is 19.4 Å². The number of carbonyl (C=O) groups is 1. The van der Waals surface area contributed by atoms with E-state index in [4.69, 9.17) is 16.1 Å². The van der Waals surface area contributed by atoms with Crippen LogP contribution in [-0.2, 0) is 4.79 Å². The molecule has 0 spiro atoms. The van der Waals surface area contributed by atoms with E-state index in [1.54, 1.807) is 29.2 Å². The Bertz CT molecular complexity index is 1960. The maximum Gasteiger partial charge on any atom is 0.319 e. The van der Waals surface area contributed by atoms with Gasteiger partial charge in [0.2, 0.25) is 5.91 Å². The topological polar surface area (TPSA) is 74.7 Å². The van der Waals surface area contributed by atoms with Crippen molar-refractivity contribution in [1.82, 2.24) is 24.8 Å². The van der Waals surface area contributed by atoms with Crippen LogP contribution < -0.4 is 9.64 Å². The fraction of sp³-hybridized carbons (Fsp3) is 0.389. The van der Waals surface area contributed by atoms with Crippen molar-refractivity contribution in [3.8, 4) is 29.6 Å². The summed E-state index contributed by atoms with van der Waals surface area (Å²) in [5.74, 6) is 1.30. The van der Waals surface area contributed by atoms with Gasteiger partial charge in [-0.3, -0.25) is 14.7 Å². The van der Waals surface area contributed by atoms with Gasteiger partial charge in [-0.25, -0.2) is 13.2 Å². The number of pyridine rings is 1. The zero-order valence-electron chi connectivity index (χ0n) is 26.3. The minimum absolute atomic E-state index is 0.0171. The van der Waals surface area contributed by atoms with Crippen LogP contribution >= 0.6 is 0 Å². The summed E-state index contributed by atoms with van der Waals surface area (Å²) < 4.78 is 52.4. The number of terminal acetylenes is 1. The Morgan fingerprint density at radius 2 is 2.09 bits per heavy atom. The molecular formula is C36H35F3N6O2. The van der Waals surface area contributed by atoms with Crippen molar-refractivity contribution >= 4 is 33.4 Å². The lowest BCUT2D eigenvalue weighted by atomic mass is 9.95. The first-order valence-corrected chi connectivity index (χ1v) is 15.9. The lowest BCUT2D eigenvalue weighted by Gasteiger charge is -2.32. The Kier molecular flexibility index (Phi) is 7.79. The third kappa shape index (κ3) is 5.06. The van der Waals surface area contributed by atoms with Gasteiger partial charge in [-0.15, -0.1) is 6.42 Å². The number of ether oxygens (including phenoxy) is 1. The number of carbonyl (C=O) groups excluding carboxylic acids is 1. The molecule has 2 aromatic carbocycles. The molecule has 0 bridgehead atoms. The van der Waals surface area contributed by atoms with E-state index in [1.165, 1.54) is 18.3 Å². The number of halogens is 3. The van der Waals surface area contributed by atoms with E-state index >= 15 is 4.39 Å². The van der Waals surface area contributed by atoms with Crippen LogP contribution in [0.3, 0.4) is 0 Å². The van der Waals surface area contributed by atoms with Crippen LogP contribution in [0.15, 0.2) is 49.2 Å². The van der Waals surface area contributed by atoms with E-state index in [-0.39, 0.29) is 47.4 Å². The van der Waals surface area contributed by atoms with E-state index < -0.39 is 23.3 Å². The summed E-state index contributed by atoms with van der Waals surface area (Å²) in [4.78, 5) is 32.2. The van der Waals surface area contributed by atoms with Crippen LogP contribution in [0.25, 0.3) is 32.9 Å². The predicted octanol–water partition coefficient (Wildman–Crippen LogP) is 5.67. The number of aromatic nitrogens is 3. The van der Waals surface area contributed by atoms with Crippen molar-refractivity contribution in [3.63, 3.8) is 0 Å². The number of hydrogen-bond donors (Lipinski definition) is 0. The summed E-state index contributed by atoms with van der Waals surface area (Å²) in [5.41, 5.74) is -0.192. The lowest BCUT2D eigenvalue weighted by Crippen LogP contribution is -2.44. The number of alkyl halides is 1. The average Bonchev–Trinajstić information content (AvgIpc) is 3.74. The summed E-state index contributed by atoms with van der Waals surface area (Å²) in [6.45, 7) is 7.44. The molecule has 11 heteroatoms. The molecule has 3 aliphatic rings. The first-order chi connectivity index (χ1) is 22.7. The van der Waals surface area contributed by atoms with Crippen LogP contribution in [0.1, 0.15) is 38.2 Å². The second-order valence-corrected chi connectivity index (χ2v) is 12.8. The maximum absolute atomic E-state index is 16.8. The fourth-order valence-corrected chi connectivity index (χ4v) is 7.91. The summed E-state index contributed by atoms with van der Waals surface area (Å²) in [5, 5.41) is 1.36. The molecule has 0 N–H and O–H groups in total. The molecule has 3 fully saturated rings. The van der Waals surface area contributed by atoms with Crippen molar-refractivity contribution in [2.45, 2.75) is 56.4 Å². The van der Waals surface area contributed by atoms with E-state index in [0.29, 0.717) is 53.5 Å². The number of nitrogens with zero attached hydrogens (tertiary/aromatic N) is 6. The van der Waals surface area contributed by atoms with Gasteiger partial charge in [-0.2, -0.15) is 9.97 Å². The second kappa shape index (κ2) is 11.8. The number of hydrogen-bond acceptors (Lipinski definition) is 7. The number of rotatable bonds is 7. The molecule has 2 unspecified atom stereocenters. The first kappa shape index (κ1) is 30.9. The van der Waals surface area contributed by atoms with E-state index in [2.05, 4.69) is 27.4 Å². The van der Waals surface area contributed by atoms with Crippen LogP contribution in [-0.4, -0.2) is 87.7 Å². The quantitative estimate of drug-likeness (QED) is 0.190. The van der Waals surface area contributed by atoms with Gasteiger partial charge in [0.15, 0.2) is 5.82 Å². The molecule has 0 radical (unpaired) electrons. The fourth-order valence-electron chi connectivity index (χ4n) is 7.91. The third-order valence-electron chi connectivity index (χ3n) is 10.3. The molecule has 242 valence electrons. The molecule has 3 saturated heterocycles. The molecule has 7 rings (SSSR count). The normalized spacial score (nSPS) is 24.1. The number of fused-ring (bicyclic) bond motifs is 3. The van der Waals surface area contributed by atoms with Gasteiger partial charge < -0.3 is 14.5 Å². The zero-order chi connectivity index (χ0) is 33.0. The van der Waals surface area contributed by atoms with Crippen LogP contribution in [0.5, 0.6) is 6.01 Å². The highest BCUT2D eigenvalue weighted by Gasteiger charge is 2.49. The predicted molar refractivity (Wildman–Crippen MR) is 175 cm³/mol. The summed E-state index contributed by atoms with van der Waals surface area (Å²) >= 11 is 0. The Hall–Kier alpha value is -4.69. The van der Waals surface area contributed by atoms with Gasteiger partial charge in [0, 0.05) is 49.7 Å². The largest absolute Gasteiger partial charge is 0.461 e. The number of amides is 1. The van der Waals surface area contributed by atoms with E-state index in [1.807, 2.05) is 18.9 Å². The van der Waals surface area contributed by atoms with Crippen molar-refractivity contribution in [1.29, 1.82) is 0 Å². The van der Waals surface area contributed by atoms with Gasteiger partial charge >= 0.3 is 6.01 Å². The van der Waals surface area contributed by atoms with Crippen LogP contribution in [0.4, 0.5) is 19.0 Å². The van der Waals surface area contributed by atoms with Crippen molar-refractivity contribution in [3.05, 3.63) is 66.4 Å². The molecule has 4 atom stereocenters. The summed E-state index contributed by atoms with van der Waals surface area (Å²) in [6.07, 6.45) is 10.3. The Balaban J connectivity index is 1.36. The first-order valence-electron chi connectivity index (χ1n) is 15.9. The number of likely N-dealkylation sites (tertiary alicyclic amines) is 1. The highest BCUT2D eigenvalue weighted by atomic mass is 19.1. The lowest BCUT2D eigenvalue weighted by molar-refractivity contribution is -0.126. The summed E-state index contributed by atoms with van der Waals surface area (Å²) in [7, 11) is 1.84. The van der Waals surface area contributed by atoms with Gasteiger partial charge in [0.1, 0.15) is 35.6 Å². The Morgan fingerprint density at radius 3 is 2.87 bits per heavy atom. The van der Waals surface area contributed by atoms with Crippen molar-refractivity contribution in [2.24, 2.45) is 0 Å². The van der Waals surface area contributed by atoms with Crippen LogP contribution in [0.2, 0.25) is 0 Å². The molecule has 3 aliphatic heterocycles. The van der Waals surface area contributed by atoms with Gasteiger partial charge in [0.25, 0.3) is 0 Å². The van der Waals surface area contributed by atoms with E-state index in [9.17, 15) is 13.6 Å². The molecule has 2 aromatic heterocycles. The van der Waals surface area contributed by atoms with Gasteiger partial charge in [0.05, 0.1) is 22.5 Å². The highest BCUT2D eigenvalue weighted by Crippen LogP contribution is 2.41. The summed E-state index contributed by atoms with van der Waals surface area (Å²) in [6, 6.07) is 7.66. The van der Waals surface area contributed by atoms with Crippen LogP contribution in [0, 0.1) is 24.0 Å². The molecule has 4 aromatic rings. The molecule has 47 heavy (non-hydrogen) atoms. The molecular weight excluding hydrogens is 605 g/mol. The second-order valence-electron chi connectivity index (χ2n) is 12.8. The molecule has 8 nitrogen and oxygen atoms in total. The SMILES string of the molecule is C#Cc1c(F)ccc2cccc(-c3ncc4c(N(C)C5CCN(C(=O)C=C)C5C)nc(OC[C@@]56CCCN5C[C@H](F)C6)nc4c3F)c12. The molecule has 5 heterocycles.